The maximum absolute atomic E-state index is 5.73. The van der Waals surface area contributed by atoms with Gasteiger partial charge >= 0.3 is 0 Å². The van der Waals surface area contributed by atoms with Crippen molar-refractivity contribution in [1.29, 1.82) is 0 Å². The van der Waals surface area contributed by atoms with E-state index in [0.717, 1.165) is 25.2 Å². The molecule has 2 heterocycles. The molecule has 0 aromatic rings. The van der Waals surface area contributed by atoms with Crippen LogP contribution in [0.25, 0.3) is 0 Å². The molecule has 19 heavy (non-hydrogen) atoms. The van der Waals surface area contributed by atoms with Gasteiger partial charge in [0.25, 0.3) is 0 Å². The predicted octanol–water partition coefficient (Wildman–Crippen LogP) is 2.27. The van der Waals surface area contributed by atoms with Gasteiger partial charge < -0.3 is 10.1 Å². The molecule has 0 aromatic heterocycles. The molecule has 0 aromatic carbocycles. The van der Waals surface area contributed by atoms with Crippen molar-refractivity contribution in [2.45, 2.75) is 57.0 Å². The van der Waals surface area contributed by atoms with Gasteiger partial charge in [-0.3, -0.25) is 4.90 Å². The third-order valence-corrected chi connectivity index (χ3v) is 5.67. The number of ether oxygens (including phenoxy) is 1. The molecule has 4 atom stereocenters. The molecule has 3 rings (SSSR count). The number of hydrogen-bond donors (Lipinski definition) is 1. The number of rotatable bonds is 3. The highest BCUT2D eigenvalue weighted by atomic mass is 16.5. The molecule has 0 bridgehead atoms. The molecule has 110 valence electrons. The number of nitrogens with one attached hydrogen (secondary N) is 1. The monoisotopic (exact) mass is 266 g/mol. The van der Waals surface area contributed by atoms with Crippen molar-refractivity contribution < 1.29 is 4.74 Å². The number of fused-ring (bicyclic) bond motifs is 1. The van der Waals surface area contributed by atoms with Gasteiger partial charge in [-0.05, 0) is 51.6 Å². The van der Waals surface area contributed by atoms with E-state index < -0.39 is 0 Å². The second-order valence-corrected chi connectivity index (χ2v) is 6.77. The Kier molecular flexibility index (Phi) is 4.78. The average molecular weight is 266 g/mol. The molecule has 1 N–H and O–H groups in total. The van der Waals surface area contributed by atoms with Crippen molar-refractivity contribution in [3.8, 4) is 0 Å². The lowest BCUT2D eigenvalue weighted by molar-refractivity contribution is -0.0106. The Morgan fingerprint density at radius 2 is 1.95 bits per heavy atom. The minimum Gasteiger partial charge on any atom is -0.381 e. The Labute approximate surface area is 118 Å². The SMILES string of the molecule is CNC1CCOCC1CN1CCC[C@H]2CCCC[C@H]21. The van der Waals surface area contributed by atoms with Crippen LogP contribution in [-0.2, 0) is 4.74 Å². The first-order chi connectivity index (χ1) is 9.38. The largest absolute Gasteiger partial charge is 0.381 e. The minimum atomic E-state index is 0.665. The van der Waals surface area contributed by atoms with Gasteiger partial charge in [-0.15, -0.1) is 0 Å². The Morgan fingerprint density at radius 1 is 1.11 bits per heavy atom. The van der Waals surface area contributed by atoms with E-state index in [9.17, 15) is 0 Å². The lowest BCUT2D eigenvalue weighted by Crippen LogP contribution is -2.53. The van der Waals surface area contributed by atoms with Crippen molar-refractivity contribution in [1.82, 2.24) is 10.2 Å². The van der Waals surface area contributed by atoms with Crippen molar-refractivity contribution in [2.75, 3.05) is 33.4 Å². The van der Waals surface area contributed by atoms with Crippen LogP contribution in [0.3, 0.4) is 0 Å². The van der Waals surface area contributed by atoms with Crippen LogP contribution in [0, 0.1) is 11.8 Å². The maximum atomic E-state index is 5.73. The number of nitrogens with zero attached hydrogens (tertiary/aromatic N) is 1. The molecule has 1 saturated carbocycles. The van der Waals surface area contributed by atoms with Crippen LogP contribution in [0.4, 0.5) is 0 Å². The topological polar surface area (TPSA) is 24.5 Å². The highest BCUT2D eigenvalue weighted by molar-refractivity contribution is 4.90. The Hall–Kier alpha value is -0.120. The lowest BCUT2D eigenvalue weighted by atomic mass is 9.78. The van der Waals surface area contributed by atoms with Gasteiger partial charge in [0, 0.05) is 31.2 Å². The van der Waals surface area contributed by atoms with E-state index in [4.69, 9.17) is 4.74 Å². The minimum absolute atomic E-state index is 0.665. The summed E-state index contributed by atoms with van der Waals surface area (Å²) in [4.78, 5) is 2.82. The molecule has 3 nitrogen and oxygen atoms in total. The summed E-state index contributed by atoms with van der Waals surface area (Å²) in [5.74, 6) is 1.69. The third-order valence-electron chi connectivity index (χ3n) is 5.67. The molecule has 2 aliphatic heterocycles. The van der Waals surface area contributed by atoms with Gasteiger partial charge in [0.05, 0.1) is 6.61 Å². The van der Waals surface area contributed by atoms with E-state index in [0.29, 0.717) is 12.0 Å². The molecule has 0 spiro atoms. The number of likely N-dealkylation sites (tertiary alicyclic amines) is 1. The third kappa shape index (κ3) is 3.14. The van der Waals surface area contributed by atoms with Crippen LogP contribution in [0.15, 0.2) is 0 Å². The fraction of sp³-hybridized carbons (Fsp3) is 1.00. The average Bonchev–Trinajstić information content (AvgIpc) is 2.48. The zero-order valence-corrected chi connectivity index (χ0v) is 12.4. The van der Waals surface area contributed by atoms with E-state index in [2.05, 4.69) is 17.3 Å². The summed E-state index contributed by atoms with van der Waals surface area (Å²) < 4.78 is 5.73. The molecule has 2 unspecified atom stereocenters. The molecule has 3 fully saturated rings. The first kappa shape index (κ1) is 13.8. The number of piperidine rings is 1. The van der Waals surface area contributed by atoms with Crippen LogP contribution in [0.2, 0.25) is 0 Å². The van der Waals surface area contributed by atoms with E-state index in [-0.39, 0.29) is 0 Å². The number of hydrogen-bond acceptors (Lipinski definition) is 3. The van der Waals surface area contributed by atoms with Crippen molar-refractivity contribution in [3.05, 3.63) is 0 Å². The standard InChI is InChI=1S/C16H30N2O/c1-17-15-8-10-19-12-14(15)11-18-9-4-6-13-5-2-3-7-16(13)18/h13-17H,2-12H2,1H3/t13-,14?,15?,16-/m1/s1. The fourth-order valence-corrected chi connectivity index (χ4v) is 4.61. The van der Waals surface area contributed by atoms with Gasteiger partial charge in [-0.25, -0.2) is 0 Å². The quantitative estimate of drug-likeness (QED) is 0.848. The van der Waals surface area contributed by atoms with E-state index >= 15 is 0 Å². The second kappa shape index (κ2) is 6.55. The van der Waals surface area contributed by atoms with Gasteiger partial charge in [0.2, 0.25) is 0 Å². The Morgan fingerprint density at radius 3 is 2.84 bits per heavy atom. The van der Waals surface area contributed by atoms with Crippen LogP contribution >= 0.6 is 0 Å². The lowest BCUT2D eigenvalue weighted by Gasteiger charge is -2.46. The summed E-state index contributed by atoms with van der Waals surface area (Å²) in [5, 5.41) is 3.51. The molecule has 1 aliphatic carbocycles. The molecule has 2 saturated heterocycles. The van der Waals surface area contributed by atoms with Crippen LogP contribution in [-0.4, -0.2) is 50.3 Å². The Bertz CT molecular complexity index is 282. The van der Waals surface area contributed by atoms with Crippen LogP contribution in [0.1, 0.15) is 44.9 Å². The van der Waals surface area contributed by atoms with Crippen molar-refractivity contribution in [3.63, 3.8) is 0 Å². The molecular formula is C16H30N2O. The van der Waals surface area contributed by atoms with E-state index in [1.165, 1.54) is 58.0 Å². The summed E-state index contributed by atoms with van der Waals surface area (Å²) in [5.41, 5.74) is 0. The summed E-state index contributed by atoms with van der Waals surface area (Å²) in [7, 11) is 2.11. The maximum Gasteiger partial charge on any atom is 0.0521 e. The van der Waals surface area contributed by atoms with Crippen LogP contribution < -0.4 is 5.32 Å². The molecular weight excluding hydrogens is 236 g/mol. The molecule has 3 aliphatic rings. The zero-order valence-electron chi connectivity index (χ0n) is 12.4. The highest BCUT2D eigenvalue weighted by Crippen LogP contribution is 2.36. The smallest absolute Gasteiger partial charge is 0.0521 e. The zero-order chi connectivity index (χ0) is 13.1. The normalized spacial score (nSPS) is 40.9. The van der Waals surface area contributed by atoms with Gasteiger partial charge in [-0.2, -0.15) is 0 Å². The van der Waals surface area contributed by atoms with Crippen molar-refractivity contribution in [2.24, 2.45) is 11.8 Å². The van der Waals surface area contributed by atoms with Gasteiger partial charge in [-0.1, -0.05) is 12.8 Å². The summed E-state index contributed by atoms with van der Waals surface area (Å²) in [6.45, 7) is 4.48. The van der Waals surface area contributed by atoms with Crippen molar-refractivity contribution >= 4 is 0 Å². The molecule has 0 amide bonds. The summed E-state index contributed by atoms with van der Waals surface area (Å²) >= 11 is 0. The first-order valence-electron chi connectivity index (χ1n) is 8.37. The summed E-state index contributed by atoms with van der Waals surface area (Å²) in [6, 6.07) is 1.56. The fourth-order valence-electron chi connectivity index (χ4n) is 4.61. The van der Waals surface area contributed by atoms with E-state index in [1.807, 2.05) is 0 Å². The highest BCUT2D eigenvalue weighted by Gasteiger charge is 2.35. The Balaban J connectivity index is 1.60. The summed E-state index contributed by atoms with van der Waals surface area (Å²) in [6.07, 6.45) is 9.94. The predicted molar refractivity (Wildman–Crippen MR) is 78.3 cm³/mol. The van der Waals surface area contributed by atoms with Gasteiger partial charge in [0.15, 0.2) is 0 Å². The first-order valence-corrected chi connectivity index (χ1v) is 8.37. The second-order valence-electron chi connectivity index (χ2n) is 6.77. The molecule has 0 radical (unpaired) electrons. The van der Waals surface area contributed by atoms with Crippen LogP contribution in [0.5, 0.6) is 0 Å². The molecule has 3 heteroatoms. The van der Waals surface area contributed by atoms with Gasteiger partial charge in [0.1, 0.15) is 0 Å². The van der Waals surface area contributed by atoms with E-state index in [1.54, 1.807) is 0 Å².